The van der Waals surface area contributed by atoms with Crippen molar-refractivity contribution in [1.29, 1.82) is 0 Å². The average molecular weight is 185 g/mol. The molecule has 13 heavy (non-hydrogen) atoms. The van der Waals surface area contributed by atoms with E-state index < -0.39 is 0 Å². The smallest absolute Gasteiger partial charge is 0.00413 e. The second kappa shape index (κ2) is 8.55. The van der Waals surface area contributed by atoms with E-state index in [1.165, 1.54) is 44.9 Å². The van der Waals surface area contributed by atoms with Crippen LogP contribution in [0, 0.1) is 5.92 Å². The van der Waals surface area contributed by atoms with E-state index in [4.69, 9.17) is 5.73 Å². The highest BCUT2D eigenvalue weighted by atomic mass is 14.6. The molecule has 80 valence electrons. The van der Waals surface area contributed by atoms with E-state index in [1.807, 2.05) is 0 Å². The minimum absolute atomic E-state index is 0.452. The van der Waals surface area contributed by atoms with Gasteiger partial charge in [-0.25, -0.2) is 0 Å². The Kier molecular flexibility index (Phi) is 8.53. The number of rotatable bonds is 8. The molecule has 0 saturated heterocycles. The van der Waals surface area contributed by atoms with E-state index in [2.05, 4.69) is 20.8 Å². The van der Waals surface area contributed by atoms with Crippen LogP contribution in [0.3, 0.4) is 0 Å². The zero-order chi connectivity index (χ0) is 10.1. The number of hydrogen-bond donors (Lipinski definition) is 1. The van der Waals surface area contributed by atoms with Crippen molar-refractivity contribution in [2.24, 2.45) is 11.7 Å². The lowest BCUT2D eigenvalue weighted by Crippen LogP contribution is -2.22. The topological polar surface area (TPSA) is 26.0 Å². The molecule has 1 nitrogen and oxygen atoms in total. The molecule has 0 aliphatic heterocycles. The fourth-order valence-corrected chi connectivity index (χ4v) is 1.90. The highest BCUT2D eigenvalue weighted by Gasteiger charge is 2.07. The van der Waals surface area contributed by atoms with Crippen LogP contribution in [0.1, 0.15) is 65.7 Å². The van der Waals surface area contributed by atoms with Crippen molar-refractivity contribution in [2.45, 2.75) is 71.8 Å². The van der Waals surface area contributed by atoms with Gasteiger partial charge in [-0.1, -0.05) is 52.9 Å². The van der Waals surface area contributed by atoms with Crippen molar-refractivity contribution < 1.29 is 0 Å². The first-order valence-electron chi connectivity index (χ1n) is 5.96. The molecule has 2 atom stereocenters. The standard InChI is InChI=1S/C12H27N/c1-4-6-7-9-12(13)10-11(3)8-5-2/h11-12H,4-10,13H2,1-3H3. The summed E-state index contributed by atoms with van der Waals surface area (Å²) in [4.78, 5) is 0. The molecule has 0 aromatic heterocycles. The van der Waals surface area contributed by atoms with Gasteiger partial charge in [-0.3, -0.25) is 0 Å². The quantitative estimate of drug-likeness (QED) is 0.573. The predicted molar refractivity (Wildman–Crippen MR) is 60.8 cm³/mol. The third-order valence-corrected chi connectivity index (χ3v) is 2.67. The molecular weight excluding hydrogens is 158 g/mol. The fourth-order valence-electron chi connectivity index (χ4n) is 1.90. The zero-order valence-corrected chi connectivity index (χ0v) is 9.68. The van der Waals surface area contributed by atoms with Crippen LogP contribution in [0.2, 0.25) is 0 Å². The molecule has 0 radical (unpaired) electrons. The van der Waals surface area contributed by atoms with Gasteiger partial charge in [-0.15, -0.1) is 0 Å². The van der Waals surface area contributed by atoms with Gasteiger partial charge in [0.2, 0.25) is 0 Å². The van der Waals surface area contributed by atoms with Crippen LogP contribution < -0.4 is 5.73 Å². The van der Waals surface area contributed by atoms with Gasteiger partial charge in [0.05, 0.1) is 0 Å². The molecule has 0 aliphatic carbocycles. The molecular formula is C12H27N. The highest BCUT2D eigenvalue weighted by Crippen LogP contribution is 2.14. The molecule has 0 aromatic rings. The highest BCUT2D eigenvalue weighted by molar-refractivity contribution is 4.65. The molecule has 0 saturated carbocycles. The molecule has 2 unspecified atom stereocenters. The summed E-state index contributed by atoms with van der Waals surface area (Å²) in [6, 6.07) is 0.452. The normalized spacial score (nSPS) is 15.7. The van der Waals surface area contributed by atoms with E-state index in [0.717, 1.165) is 5.92 Å². The summed E-state index contributed by atoms with van der Waals surface area (Å²) in [5.41, 5.74) is 6.05. The van der Waals surface area contributed by atoms with E-state index >= 15 is 0 Å². The summed E-state index contributed by atoms with van der Waals surface area (Å²) in [7, 11) is 0. The molecule has 0 spiro atoms. The maximum atomic E-state index is 6.05. The predicted octanol–water partition coefficient (Wildman–Crippen LogP) is 3.72. The summed E-state index contributed by atoms with van der Waals surface area (Å²) in [5.74, 6) is 0.821. The molecule has 0 heterocycles. The minimum Gasteiger partial charge on any atom is -0.328 e. The molecule has 0 aliphatic rings. The third kappa shape index (κ3) is 8.29. The van der Waals surface area contributed by atoms with Crippen LogP contribution in [0.15, 0.2) is 0 Å². The summed E-state index contributed by atoms with van der Waals surface area (Å²) in [6.07, 6.45) is 9.04. The largest absolute Gasteiger partial charge is 0.328 e. The van der Waals surface area contributed by atoms with Crippen molar-refractivity contribution in [1.82, 2.24) is 0 Å². The first-order valence-corrected chi connectivity index (χ1v) is 5.96. The van der Waals surface area contributed by atoms with Gasteiger partial charge in [0.25, 0.3) is 0 Å². The Bertz CT molecular complexity index is 101. The molecule has 2 N–H and O–H groups in total. The second-order valence-electron chi connectivity index (χ2n) is 4.39. The molecule has 0 rings (SSSR count). The second-order valence-corrected chi connectivity index (χ2v) is 4.39. The first kappa shape index (κ1) is 13.0. The lowest BCUT2D eigenvalue weighted by molar-refractivity contribution is 0.410. The molecule has 0 bridgehead atoms. The molecule has 0 fully saturated rings. The van der Waals surface area contributed by atoms with E-state index in [-0.39, 0.29) is 0 Å². The average Bonchev–Trinajstić information content (AvgIpc) is 2.05. The Morgan fingerprint density at radius 1 is 1.00 bits per heavy atom. The number of hydrogen-bond acceptors (Lipinski definition) is 1. The zero-order valence-electron chi connectivity index (χ0n) is 9.68. The summed E-state index contributed by atoms with van der Waals surface area (Å²) in [5, 5.41) is 0. The Hall–Kier alpha value is -0.0400. The van der Waals surface area contributed by atoms with Crippen LogP contribution in [-0.4, -0.2) is 6.04 Å². The minimum atomic E-state index is 0.452. The summed E-state index contributed by atoms with van der Waals surface area (Å²) in [6.45, 7) is 6.81. The van der Waals surface area contributed by atoms with Gasteiger partial charge in [0.15, 0.2) is 0 Å². The Labute approximate surface area is 84.1 Å². The summed E-state index contributed by atoms with van der Waals surface area (Å²) >= 11 is 0. The fraction of sp³-hybridized carbons (Fsp3) is 1.00. The molecule has 1 heteroatoms. The van der Waals surface area contributed by atoms with Crippen LogP contribution in [0.25, 0.3) is 0 Å². The van der Waals surface area contributed by atoms with Crippen molar-refractivity contribution in [3.8, 4) is 0 Å². The Morgan fingerprint density at radius 2 is 1.69 bits per heavy atom. The van der Waals surface area contributed by atoms with Crippen LogP contribution >= 0.6 is 0 Å². The van der Waals surface area contributed by atoms with Crippen LogP contribution in [0.5, 0.6) is 0 Å². The maximum absolute atomic E-state index is 6.05. The van der Waals surface area contributed by atoms with E-state index in [0.29, 0.717) is 6.04 Å². The van der Waals surface area contributed by atoms with Gasteiger partial charge in [0, 0.05) is 6.04 Å². The van der Waals surface area contributed by atoms with Gasteiger partial charge >= 0.3 is 0 Å². The van der Waals surface area contributed by atoms with Crippen molar-refractivity contribution in [2.75, 3.05) is 0 Å². The van der Waals surface area contributed by atoms with Crippen molar-refractivity contribution in [3.63, 3.8) is 0 Å². The van der Waals surface area contributed by atoms with Crippen molar-refractivity contribution >= 4 is 0 Å². The van der Waals surface area contributed by atoms with Gasteiger partial charge < -0.3 is 5.73 Å². The van der Waals surface area contributed by atoms with E-state index in [1.54, 1.807) is 0 Å². The van der Waals surface area contributed by atoms with Gasteiger partial charge in [0.1, 0.15) is 0 Å². The van der Waals surface area contributed by atoms with Crippen molar-refractivity contribution in [3.05, 3.63) is 0 Å². The molecule has 0 aromatic carbocycles. The lowest BCUT2D eigenvalue weighted by atomic mass is 9.95. The third-order valence-electron chi connectivity index (χ3n) is 2.67. The van der Waals surface area contributed by atoms with Gasteiger partial charge in [-0.05, 0) is 18.8 Å². The van der Waals surface area contributed by atoms with E-state index in [9.17, 15) is 0 Å². The van der Waals surface area contributed by atoms with Crippen LogP contribution in [-0.2, 0) is 0 Å². The number of unbranched alkanes of at least 4 members (excludes halogenated alkanes) is 2. The Balaban J connectivity index is 3.32. The monoisotopic (exact) mass is 185 g/mol. The first-order chi connectivity index (χ1) is 6.20. The van der Waals surface area contributed by atoms with Gasteiger partial charge in [-0.2, -0.15) is 0 Å². The summed E-state index contributed by atoms with van der Waals surface area (Å²) < 4.78 is 0. The molecule has 0 amide bonds. The SMILES string of the molecule is CCCCCC(N)CC(C)CCC. The number of nitrogens with two attached hydrogens (primary N) is 1. The lowest BCUT2D eigenvalue weighted by Gasteiger charge is -2.16. The van der Waals surface area contributed by atoms with Crippen LogP contribution in [0.4, 0.5) is 0 Å². The Morgan fingerprint density at radius 3 is 2.23 bits per heavy atom. The maximum Gasteiger partial charge on any atom is 0.00413 e.